The van der Waals surface area contributed by atoms with E-state index in [1.807, 2.05) is 0 Å². The second-order valence-electron chi connectivity index (χ2n) is 9.44. The Hall–Kier alpha value is -0.630. The average Bonchev–Trinajstić information content (AvgIpc) is 2.85. The number of rotatable bonds is 1. The zero-order valence-corrected chi connectivity index (χ0v) is 15.0. The number of hydrogen-bond acceptors (Lipinski definition) is 2. The lowest BCUT2D eigenvalue weighted by Crippen LogP contribution is -2.48. The van der Waals surface area contributed by atoms with Crippen molar-refractivity contribution in [3.05, 3.63) is 11.6 Å². The highest BCUT2D eigenvalue weighted by Gasteiger charge is 2.57. The van der Waals surface area contributed by atoms with Crippen LogP contribution in [0.2, 0.25) is 0 Å². The quantitative estimate of drug-likeness (QED) is 0.722. The Kier molecular flexibility index (Phi) is 3.58. The summed E-state index contributed by atoms with van der Waals surface area (Å²) in [4.78, 5) is 12.1. The van der Waals surface area contributed by atoms with E-state index in [1.165, 1.54) is 19.3 Å². The summed E-state index contributed by atoms with van der Waals surface area (Å²) in [5.74, 6) is 2.77. The summed E-state index contributed by atoms with van der Waals surface area (Å²) in [6.07, 6.45) is 11.6. The first-order valence-corrected chi connectivity index (χ1v) is 9.75. The van der Waals surface area contributed by atoms with Crippen molar-refractivity contribution in [3.8, 4) is 0 Å². The number of fused-ring (bicyclic) bond motifs is 5. The van der Waals surface area contributed by atoms with Crippen LogP contribution in [0.4, 0.5) is 0 Å². The number of ketones is 1. The van der Waals surface area contributed by atoms with E-state index < -0.39 is 0 Å². The third kappa shape index (κ3) is 2.13. The Morgan fingerprint density at radius 2 is 1.96 bits per heavy atom. The highest BCUT2D eigenvalue weighted by molar-refractivity contribution is 5.79. The smallest absolute Gasteiger partial charge is 0.133 e. The number of Topliss-reactive ketones (excluding diaryl/α,β-unsaturated/α-hetero) is 1. The molecule has 0 aromatic carbocycles. The number of aliphatic hydroxyl groups excluding tert-OH is 1. The number of carbonyl (C=O) groups excluding carboxylic acids is 1. The summed E-state index contributed by atoms with van der Waals surface area (Å²) in [6.45, 7) is 6.67. The van der Waals surface area contributed by atoms with E-state index in [1.54, 1.807) is 12.5 Å². The van der Waals surface area contributed by atoms with Crippen molar-refractivity contribution in [3.63, 3.8) is 0 Å². The van der Waals surface area contributed by atoms with Crippen LogP contribution in [-0.2, 0) is 4.79 Å². The summed E-state index contributed by atoms with van der Waals surface area (Å²) in [6, 6.07) is 0. The van der Waals surface area contributed by atoms with Gasteiger partial charge in [0.1, 0.15) is 5.78 Å². The third-order valence-electron chi connectivity index (χ3n) is 8.49. The predicted octanol–water partition coefficient (Wildman–Crippen LogP) is 4.52. The van der Waals surface area contributed by atoms with E-state index in [4.69, 9.17) is 0 Å². The van der Waals surface area contributed by atoms with Crippen LogP contribution in [0.25, 0.3) is 0 Å². The first-order chi connectivity index (χ1) is 10.9. The van der Waals surface area contributed by atoms with Crippen molar-refractivity contribution in [1.82, 2.24) is 0 Å². The average molecular weight is 316 g/mol. The zero-order valence-electron chi connectivity index (χ0n) is 15.0. The molecule has 0 radical (unpaired) electrons. The van der Waals surface area contributed by atoms with Crippen molar-refractivity contribution in [1.29, 1.82) is 0 Å². The molecule has 23 heavy (non-hydrogen) atoms. The van der Waals surface area contributed by atoms with Crippen molar-refractivity contribution in [2.24, 2.45) is 34.5 Å². The first-order valence-electron chi connectivity index (χ1n) is 9.75. The van der Waals surface area contributed by atoms with Crippen LogP contribution >= 0.6 is 0 Å². The van der Waals surface area contributed by atoms with Gasteiger partial charge in [0, 0.05) is 5.92 Å². The summed E-state index contributed by atoms with van der Waals surface area (Å²) in [7, 11) is 0. The molecule has 0 amide bonds. The maximum Gasteiger partial charge on any atom is 0.133 e. The number of hydrogen-bond donors (Lipinski definition) is 1. The van der Waals surface area contributed by atoms with E-state index in [0.29, 0.717) is 29.0 Å². The lowest BCUT2D eigenvalue weighted by Gasteiger charge is -2.56. The van der Waals surface area contributed by atoms with Crippen LogP contribution in [0.1, 0.15) is 72.1 Å². The first kappa shape index (κ1) is 15.9. The molecule has 0 aliphatic heterocycles. The molecule has 1 N–H and O–H groups in total. The molecule has 0 bridgehead atoms. The maximum absolute atomic E-state index is 12.1. The Balaban J connectivity index is 1.68. The molecule has 2 unspecified atom stereocenters. The zero-order chi connectivity index (χ0) is 16.4. The van der Waals surface area contributed by atoms with Gasteiger partial charge in [-0.15, -0.1) is 0 Å². The molecule has 0 spiro atoms. The summed E-state index contributed by atoms with van der Waals surface area (Å²) in [5, 5.41) is 10.1. The minimum Gasteiger partial charge on any atom is -0.393 e. The normalized spacial score (nSPS) is 52.2. The van der Waals surface area contributed by atoms with E-state index in [0.717, 1.165) is 32.1 Å². The lowest BCUT2D eigenvalue weighted by molar-refractivity contribution is -0.124. The van der Waals surface area contributed by atoms with Gasteiger partial charge in [0.15, 0.2) is 0 Å². The topological polar surface area (TPSA) is 37.3 Å². The molecule has 4 aliphatic carbocycles. The van der Waals surface area contributed by atoms with Crippen LogP contribution in [0, 0.1) is 34.5 Å². The largest absolute Gasteiger partial charge is 0.393 e. The molecule has 4 aliphatic rings. The van der Waals surface area contributed by atoms with Crippen LogP contribution in [-0.4, -0.2) is 17.0 Å². The second-order valence-corrected chi connectivity index (χ2v) is 9.44. The van der Waals surface area contributed by atoms with Gasteiger partial charge in [-0.2, -0.15) is 0 Å². The minimum atomic E-state index is -0.0762. The standard InChI is InChI=1S/C21H32O2/c1-13(22)17-6-7-18-16-5-4-14-12-15(23)8-10-20(14,2)19(16)9-11-21(17,18)3/h9,14-18,23H,4-8,10-12H2,1-3H3/t14?,15?,16-,17+,18-,20-,21+/m0/s1. The van der Waals surface area contributed by atoms with Gasteiger partial charge in [0.2, 0.25) is 0 Å². The van der Waals surface area contributed by atoms with Crippen LogP contribution in [0.15, 0.2) is 11.6 Å². The van der Waals surface area contributed by atoms with Crippen molar-refractivity contribution in [2.75, 3.05) is 0 Å². The SMILES string of the molecule is CC(=O)[C@H]1CC[C@H]2[C@@H]3CCC4CC(O)CC[C@]4(C)C3=CC[C@]12C. The predicted molar refractivity (Wildman–Crippen MR) is 91.9 cm³/mol. The van der Waals surface area contributed by atoms with Crippen molar-refractivity contribution < 1.29 is 9.90 Å². The maximum atomic E-state index is 12.1. The van der Waals surface area contributed by atoms with Gasteiger partial charge in [0.05, 0.1) is 6.10 Å². The van der Waals surface area contributed by atoms with Gasteiger partial charge in [-0.1, -0.05) is 25.5 Å². The monoisotopic (exact) mass is 316 g/mol. The third-order valence-corrected chi connectivity index (χ3v) is 8.49. The molecular formula is C21H32O2. The summed E-state index contributed by atoms with van der Waals surface area (Å²) in [5.41, 5.74) is 2.24. The van der Waals surface area contributed by atoms with Gasteiger partial charge in [0.25, 0.3) is 0 Å². The lowest BCUT2D eigenvalue weighted by atomic mass is 9.48. The number of allylic oxidation sites excluding steroid dienone is 2. The fourth-order valence-electron chi connectivity index (χ4n) is 7.17. The molecule has 4 rings (SSSR count). The molecular weight excluding hydrogens is 284 g/mol. The Morgan fingerprint density at radius 3 is 2.70 bits per heavy atom. The molecule has 2 nitrogen and oxygen atoms in total. The Labute approximate surface area is 140 Å². The van der Waals surface area contributed by atoms with Crippen molar-refractivity contribution in [2.45, 2.75) is 78.2 Å². The van der Waals surface area contributed by atoms with E-state index in [9.17, 15) is 9.90 Å². The van der Waals surface area contributed by atoms with E-state index in [-0.39, 0.29) is 17.4 Å². The molecule has 0 saturated heterocycles. The van der Waals surface area contributed by atoms with Crippen LogP contribution < -0.4 is 0 Å². The summed E-state index contributed by atoms with van der Waals surface area (Å²) >= 11 is 0. The highest BCUT2D eigenvalue weighted by Crippen LogP contribution is 2.65. The molecule has 2 heteroatoms. The van der Waals surface area contributed by atoms with Gasteiger partial charge in [-0.25, -0.2) is 0 Å². The van der Waals surface area contributed by atoms with Gasteiger partial charge in [-0.3, -0.25) is 4.79 Å². The fourth-order valence-corrected chi connectivity index (χ4v) is 7.17. The molecule has 0 heterocycles. The molecule has 128 valence electrons. The minimum absolute atomic E-state index is 0.0762. The summed E-state index contributed by atoms with van der Waals surface area (Å²) < 4.78 is 0. The van der Waals surface area contributed by atoms with Gasteiger partial charge >= 0.3 is 0 Å². The molecule has 0 aromatic heterocycles. The van der Waals surface area contributed by atoms with E-state index in [2.05, 4.69) is 19.9 Å². The van der Waals surface area contributed by atoms with E-state index >= 15 is 0 Å². The molecule has 7 atom stereocenters. The molecule has 3 saturated carbocycles. The van der Waals surface area contributed by atoms with Crippen molar-refractivity contribution >= 4 is 5.78 Å². The highest BCUT2D eigenvalue weighted by atomic mass is 16.3. The number of aliphatic hydroxyl groups is 1. The molecule has 3 fully saturated rings. The van der Waals surface area contributed by atoms with Crippen LogP contribution in [0.3, 0.4) is 0 Å². The van der Waals surface area contributed by atoms with Crippen LogP contribution in [0.5, 0.6) is 0 Å². The second kappa shape index (κ2) is 5.18. The van der Waals surface area contributed by atoms with Gasteiger partial charge < -0.3 is 5.11 Å². The Bertz CT molecular complexity index is 550. The van der Waals surface area contributed by atoms with Gasteiger partial charge in [-0.05, 0) is 86.9 Å². The Morgan fingerprint density at radius 1 is 1.17 bits per heavy atom. The number of carbonyl (C=O) groups is 1. The molecule has 0 aromatic rings. The fraction of sp³-hybridized carbons (Fsp3) is 0.857.